The zero-order valence-electron chi connectivity index (χ0n) is 10.4. The summed E-state index contributed by atoms with van der Waals surface area (Å²) in [6.07, 6.45) is 3.18. The van der Waals surface area contributed by atoms with Crippen molar-refractivity contribution in [3.8, 4) is 0 Å². The molecule has 2 aromatic rings. The lowest BCUT2D eigenvalue weighted by Crippen LogP contribution is -2.19. The number of nitrogens with zero attached hydrogens (tertiary/aromatic N) is 1. The predicted octanol–water partition coefficient (Wildman–Crippen LogP) is 1.69. The van der Waals surface area contributed by atoms with Crippen LogP contribution in [0.4, 0.5) is 5.69 Å². The summed E-state index contributed by atoms with van der Waals surface area (Å²) in [6.45, 7) is 0. The molecule has 0 saturated heterocycles. The molecule has 2 rings (SSSR count). The Morgan fingerprint density at radius 1 is 1.05 bits per heavy atom. The molecule has 0 fully saturated rings. The SMILES string of the molecule is CNC(=O)c1cccc(C(=O)Nc2cccnc2)c1. The zero-order valence-corrected chi connectivity index (χ0v) is 10.4. The van der Waals surface area contributed by atoms with Crippen LogP contribution in [0.2, 0.25) is 0 Å². The molecule has 0 aliphatic rings. The van der Waals surface area contributed by atoms with Crippen LogP contribution in [-0.2, 0) is 0 Å². The summed E-state index contributed by atoms with van der Waals surface area (Å²) in [5.41, 5.74) is 1.48. The Kier molecular flexibility index (Phi) is 3.87. The van der Waals surface area contributed by atoms with Crippen molar-refractivity contribution < 1.29 is 9.59 Å². The van der Waals surface area contributed by atoms with Gasteiger partial charge in [-0.05, 0) is 30.3 Å². The van der Waals surface area contributed by atoms with Crippen LogP contribution in [0, 0.1) is 0 Å². The third kappa shape index (κ3) is 3.16. The Hall–Kier alpha value is -2.69. The number of hydrogen-bond donors (Lipinski definition) is 2. The molecular formula is C14H13N3O2. The molecule has 0 saturated carbocycles. The molecule has 0 aliphatic carbocycles. The van der Waals surface area contributed by atoms with E-state index in [0.29, 0.717) is 16.8 Å². The number of pyridine rings is 1. The van der Waals surface area contributed by atoms with Gasteiger partial charge in [-0.25, -0.2) is 0 Å². The van der Waals surface area contributed by atoms with E-state index in [1.54, 1.807) is 55.8 Å². The highest BCUT2D eigenvalue weighted by atomic mass is 16.2. The molecule has 0 atom stereocenters. The van der Waals surface area contributed by atoms with Gasteiger partial charge < -0.3 is 10.6 Å². The van der Waals surface area contributed by atoms with E-state index >= 15 is 0 Å². The van der Waals surface area contributed by atoms with Crippen LogP contribution in [0.15, 0.2) is 48.8 Å². The van der Waals surface area contributed by atoms with Crippen molar-refractivity contribution in [1.29, 1.82) is 0 Å². The van der Waals surface area contributed by atoms with Gasteiger partial charge in [0, 0.05) is 24.4 Å². The summed E-state index contributed by atoms with van der Waals surface area (Å²) in [5.74, 6) is -0.505. The Morgan fingerprint density at radius 3 is 2.42 bits per heavy atom. The highest BCUT2D eigenvalue weighted by molar-refractivity contribution is 6.06. The standard InChI is InChI=1S/C14H13N3O2/c1-15-13(18)10-4-2-5-11(8-10)14(19)17-12-6-3-7-16-9-12/h2-9H,1H3,(H,15,18)(H,17,19). The van der Waals surface area contributed by atoms with Gasteiger partial charge in [0.2, 0.25) is 0 Å². The Labute approximate surface area is 110 Å². The van der Waals surface area contributed by atoms with Crippen LogP contribution < -0.4 is 10.6 Å². The third-order valence-corrected chi connectivity index (χ3v) is 2.53. The quantitative estimate of drug-likeness (QED) is 0.876. The van der Waals surface area contributed by atoms with E-state index in [1.165, 1.54) is 0 Å². The number of amides is 2. The lowest BCUT2D eigenvalue weighted by atomic mass is 10.1. The molecule has 5 heteroatoms. The molecule has 0 unspecified atom stereocenters. The smallest absolute Gasteiger partial charge is 0.255 e. The number of rotatable bonds is 3. The first-order chi connectivity index (χ1) is 9.20. The summed E-state index contributed by atoms with van der Waals surface area (Å²) >= 11 is 0. The van der Waals surface area contributed by atoms with Gasteiger partial charge in [0.1, 0.15) is 0 Å². The number of benzene rings is 1. The summed E-state index contributed by atoms with van der Waals surface area (Å²) in [4.78, 5) is 27.4. The van der Waals surface area contributed by atoms with Crippen molar-refractivity contribution in [2.75, 3.05) is 12.4 Å². The largest absolute Gasteiger partial charge is 0.355 e. The molecule has 19 heavy (non-hydrogen) atoms. The Morgan fingerprint density at radius 2 is 1.79 bits per heavy atom. The van der Waals surface area contributed by atoms with Gasteiger partial charge >= 0.3 is 0 Å². The fourth-order valence-corrected chi connectivity index (χ4v) is 1.59. The normalized spacial score (nSPS) is 9.74. The molecule has 0 aliphatic heterocycles. The van der Waals surface area contributed by atoms with Crippen molar-refractivity contribution in [3.63, 3.8) is 0 Å². The van der Waals surface area contributed by atoms with Crippen LogP contribution in [-0.4, -0.2) is 23.8 Å². The highest BCUT2D eigenvalue weighted by Gasteiger charge is 2.09. The predicted molar refractivity (Wildman–Crippen MR) is 72.0 cm³/mol. The number of anilines is 1. The van der Waals surface area contributed by atoms with Gasteiger partial charge in [0.15, 0.2) is 0 Å². The van der Waals surface area contributed by atoms with Crippen LogP contribution in [0.1, 0.15) is 20.7 Å². The van der Waals surface area contributed by atoms with E-state index in [2.05, 4.69) is 15.6 Å². The monoisotopic (exact) mass is 255 g/mol. The van der Waals surface area contributed by atoms with Crippen LogP contribution in [0.5, 0.6) is 0 Å². The number of carbonyl (C=O) groups excluding carboxylic acids is 2. The van der Waals surface area contributed by atoms with Crippen molar-refractivity contribution in [3.05, 3.63) is 59.9 Å². The minimum atomic E-state index is -0.279. The first-order valence-corrected chi connectivity index (χ1v) is 5.74. The zero-order chi connectivity index (χ0) is 13.7. The summed E-state index contributed by atoms with van der Waals surface area (Å²) in [5, 5.41) is 5.23. The molecule has 5 nitrogen and oxygen atoms in total. The first-order valence-electron chi connectivity index (χ1n) is 5.74. The fraction of sp³-hybridized carbons (Fsp3) is 0.0714. The average Bonchev–Trinajstić information content (AvgIpc) is 2.47. The van der Waals surface area contributed by atoms with Gasteiger partial charge in [0.25, 0.3) is 11.8 Å². The number of aromatic nitrogens is 1. The van der Waals surface area contributed by atoms with Gasteiger partial charge in [-0.15, -0.1) is 0 Å². The molecule has 0 spiro atoms. The van der Waals surface area contributed by atoms with E-state index < -0.39 is 0 Å². The molecule has 0 radical (unpaired) electrons. The van der Waals surface area contributed by atoms with E-state index in [1.807, 2.05) is 0 Å². The topological polar surface area (TPSA) is 71.1 Å². The second-order valence-corrected chi connectivity index (χ2v) is 3.86. The summed E-state index contributed by atoms with van der Waals surface area (Å²) in [6, 6.07) is 10.00. The van der Waals surface area contributed by atoms with Gasteiger partial charge in [-0.3, -0.25) is 14.6 Å². The third-order valence-electron chi connectivity index (χ3n) is 2.53. The number of hydrogen-bond acceptors (Lipinski definition) is 3. The second kappa shape index (κ2) is 5.77. The average molecular weight is 255 g/mol. The maximum absolute atomic E-state index is 12.0. The van der Waals surface area contributed by atoms with E-state index in [9.17, 15) is 9.59 Å². The minimum Gasteiger partial charge on any atom is -0.355 e. The van der Waals surface area contributed by atoms with E-state index in [4.69, 9.17) is 0 Å². The molecule has 2 N–H and O–H groups in total. The van der Waals surface area contributed by atoms with Gasteiger partial charge in [-0.2, -0.15) is 0 Å². The van der Waals surface area contributed by atoms with E-state index in [0.717, 1.165) is 0 Å². The van der Waals surface area contributed by atoms with Crippen LogP contribution in [0.3, 0.4) is 0 Å². The molecule has 1 heterocycles. The molecule has 96 valence electrons. The van der Waals surface area contributed by atoms with Crippen molar-refractivity contribution >= 4 is 17.5 Å². The molecular weight excluding hydrogens is 242 g/mol. The van der Waals surface area contributed by atoms with Crippen molar-refractivity contribution in [2.45, 2.75) is 0 Å². The lowest BCUT2D eigenvalue weighted by Gasteiger charge is -2.06. The maximum Gasteiger partial charge on any atom is 0.255 e. The fourth-order valence-electron chi connectivity index (χ4n) is 1.59. The van der Waals surface area contributed by atoms with Gasteiger partial charge in [0.05, 0.1) is 11.9 Å². The molecule has 0 bridgehead atoms. The maximum atomic E-state index is 12.0. The Balaban J connectivity index is 2.18. The van der Waals surface area contributed by atoms with Gasteiger partial charge in [-0.1, -0.05) is 6.07 Å². The summed E-state index contributed by atoms with van der Waals surface area (Å²) in [7, 11) is 1.55. The van der Waals surface area contributed by atoms with Crippen LogP contribution >= 0.6 is 0 Å². The van der Waals surface area contributed by atoms with Crippen LogP contribution in [0.25, 0.3) is 0 Å². The van der Waals surface area contributed by atoms with E-state index in [-0.39, 0.29) is 11.8 Å². The van der Waals surface area contributed by atoms with Crippen molar-refractivity contribution in [2.24, 2.45) is 0 Å². The molecule has 1 aromatic carbocycles. The number of nitrogens with one attached hydrogen (secondary N) is 2. The first kappa shape index (κ1) is 12.8. The highest BCUT2D eigenvalue weighted by Crippen LogP contribution is 2.09. The molecule has 1 aromatic heterocycles. The minimum absolute atomic E-state index is 0.226. The van der Waals surface area contributed by atoms with Crippen molar-refractivity contribution in [1.82, 2.24) is 10.3 Å². The summed E-state index contributed by atoms with van der Waals surface area (Å²) < 4.78 is 0. The second-order valence-electron chi connectivity index (χ2n) is 3.86. The lowest BCUT2D eigenvalue weighted by molar-refractivity contribution is 0.0963. The molecule has 2 amide bonds. The number of carbonyl (C=O) groups is 2. The Bertz CT molecular complexity index is 597.